The van der Waals surface area contributed by atoms with E-state index in [1.165, 1.54) is 0 Å². The summed E-state index contributed by atoms with van der Waals surface area (Å²) in [7, 11) is 6.32. The molecule has 0 spiro atoms. The average Bonchev–Trinajstić information content (AvgIpc) is 2.63. The Hall–Kier alpha value is -0.490. The summed E-state index contributed by atoms with van der Waals surface area (Å²) >= 11 is 1.71. The van der Waals surface area contributed by atoms with Crippen LogP contribution in [0.5, 0.6) is 0 Å². The molecule has 0 aliphatic rings. The Bertz CT molecular complexity index is 298. The van der Waals surface area contributed by atoms with Crippen LogP contribution in [0.25, 0.3) is 0 Å². The zero-order chi connectivity index (χ0) is 12.0. The third kappa shape index (κ3) is 5.03. The lowest BCUT2D eigenvalue weighted by Crippen LogP contribution is -2.28. The van der Waals surface area contributed by atoms with Crippen molar-refractivity contribution in [1.82, 2.24) is 14.8 Å². The fourth-order valence-corrected chi connectivity index (χ4v) is 2.19. The molecule has 0 saturated heterocycles. The van der Waals surface area contributed by atoms with Gasteiger partial charge in [-0.05, 0) is 27.7 Å². The van der Waals surface area contributed by atoms with E-state index in [0.29, 0.717) is 6.54 Å². The van der Waals surface area contributed by atoms with Crippen molar-refractivity contribution in [3.8, 4) is 0 Å². The SMILES string of the molecule is CN(C)CCN(C)Cc1csc(CCN)n1. The smallest absolute Gasteiger partial charge is 0.0941 e. The molecular weight excluding hydrogens is 220 g/mol. The highest BCUT2D eigenvalue weighted by Gasteiger charge is 2.05. The number of hydrogen-bond acceptors (Lipinski definition) is 5. The van der Waals surface area contributed by atoms with Crippen molar-refractivity contribution < 1.29 is 0 Å². The predicted octanol–water partition coefficient (Wildman–Crippen LogP) is 0.638. The molecule has 0 aliphatic carbocycles. The van der Waals surface area contributed by atoms with E-state index in [1.54, 1.807) is 11.3 Å². The standard InChI is InChI=1S/C11H22N4S/c1-14(2)6-7-15(3)8-10-9-16-11(13-10)4-5-12/h9H,4-8,12H2,1-3H3. The van der Waals surface area contributed by atoms with E-state index in [4.69, 9.17) is 5.73 Å². The number of hydrogen-bond donors (Lipinski definition) is 1. The van der Waals surface area contributed by atoms with Crippen LogP contribution in [0.15, 0.2) is 5.38 Å². The second-order valence-electron chi connectivity index (χ2n) is 4.31. The van der Waals surface area contributed by atoms with Gasteiger partial charge in [-0.15, -0.1) is 11.3 Å². The summed E-state index contributed by atoms with van der Waals surface area (Å²) in [6, 6.07) is 0. The maximum Gasteiger partial charge on any atom is 0.0941 e. The zero-order valence-electron chi connectivity index (χ0n) is 10.4. The summed E-state index contributed by atoms with van der Waals surface area (Å²) in [4.78, 5) is 9.04. The van der Waals surface area contributed by atoms with Gasteiger partial charge >= 0.3 is 0 Å². The second-order valence-corrected chi connectivity index (χ2v) is 5.25. The van der Waals surface area contributed by atoms with E-state index in [2.05, 4.69) is 41.3 Å². The van der Waals surface area contributed by atoms with Gasteiger partial charge in [-0.2, -0.15) is 0 Å². The molecule has 5 heteroatoms. The molecule has 92 valence electrons. The molecule has 0 fully saturated rings. The lowest BCUT2D eigenvalue weighted by Gasteiger charge is -2.18. The normalized spacial score (nSPS) is 11.6. The molecule has 0 saturated carbocycles. The second kappa shape index (κ2) is 6.96. The van der Waals surface area contributed by atoms with Crippen LogP contribution in [-0.2, 0) is 13.0 Å². The topological polar surface area (TPSA) is 45.4 Å². The summed E-state index contributed by atoms with van der Waals surface area (Å²) < 4.78 is 0. The Balaban J connectivity index is 2.34. The monoisotopic (exact) mass is 242 g/mol. The van der Waals surface area contributed by atoms with Crippen LogP contribution in [0, 0.1) is 0 Å². The van der Waals surface area contributed by atoms with Gasteiger partial charge in [0.25, 0.3) is 0 Å². The number of likely N-dealkylation sites (N-methyl/N-ethyl adjacent to an activating group) is 2. The molecule has 4 nitrogen and oxygen atoms in total. The van der Waals surface area contributed by atoms with Crippen LogP contribution in [0.3, 0.4) is 0 Å². The van der Waals surface area contributed by atoms with Crippen molar-refractivity contribution in [3.05, 3.63) is 16.1 Å². The Morgan fingerprint density at radius 2 is 2.06 bits per heavy atom. The largest absolute Gasteiger partial charge is 0.330 e. The molecule has 0 atom stereocenters. The van der Waals surface area contributed by atoms with Gasteiger partial charge in [-0.25, -0.2) is 4.98 Å². The average molecular weight is 242 g/mol. The minimum absolute atomic E-state index is 0.684. The van der Waals surface area contributed by atoms with Gasteiger partial charge in [-0.3, -0.25) is 4.90 Å². The molecule has 1 heterocycles. The number of nitrogens with two attached hydrogens (primary N) is 1. The van der Waals surface area contributed by atoms with Crippen LogP contribution in [0.4, 0.5) is 0 Å². The molecule has 0 bridgehead atoms. The maximum absolute atomic E-state index is 5.50. The van der Waals surface area contributed by atoms with Crippen molar-refractivity contribution in [2.75, 3.05) is 40.8 Å². The highest BCUT2D eigenvalue weighted by molar-refractivity contribution is 7.09. The molecule has 0 radical (unpaired) electrons. The van der Waals surface area contributed by atoms with Gasteiger partial charge < -0.3 is 10.6 Å². The molecule has 1 aromatic heterocycles. The molecule has 0 aliphatic heterocycles. The van der Waals surface area contributed by atoms with E-state index in [-0.39, 0.29) is 0 Å². The minimum atomic E-state index is 0.684. The van der Waals surface area contributed by atoms with Crippen molar-refractivity contribution in [2.24, 2.45) is 5.73 Å². The van der Waals surface area contributed by atoms with Crippen LogP contribution in [0.2, 0.25) is 0 Å². The molecule has 0 aromatic carbocycles. The molecular formula is C11H22N4S. The Morgan fingerprint density at radius 1 is 1.31 bits per heavy atom. The van der Waals surface area contributed by atoms with Gasteiger partial charge in [-0.1, -0.05) is 0 Å². The Labute approximate surface area is 102 Å². The predicted molar refractivity (Wildman–Crippen MR) is 69.8 cm³/mol. The van der Waals surface area contributed by atoms with Gasteiger partial charge in [0.05, 0.1) is 10.7 Å². The van der Waals surface area contributed by atoms with Crippen molar-refractivity contribution in [3.63, 3.8) is 0 Å². The summed E-state index contributed by atoms with van der Waals surface area (Å²) in [6.45, 7) is 3.76. The number of nitrogens with zero attached hydrogens (tertiary/aromatic N) is 3. The van der Waals surface area contributed by atoms with Gasteiger partial charge in [0.15, 0.2) is 0 Å². The molecule has 2 N–H and O–H groups in total. The first-order valence-corrected chi connectivity index (χ1v) is 6.46. The van der Waals surface area contributed by atoms with Gasteiger partial charge in [0, 0.05) is 31.4 Å². The summed E-state index contributed by atoms with van der Waals surface area (Å²) in [5, 5.41) is 3.29. The third-order valence-electron chi connectivity index (χ3n) is 2.32. The highest BCUT2D eigenvalue weighted by Crippen LogP contribution is 2.11. The molecule has 1 rings (SSSR count). The fraction of sp³-hybridized carbons (Fsp3) is 0.727. The van der Waals surface area contributed by atoms with Crippen molar-refractivity contribution in [1.29, 1.82) is 0 Å². The van der Waals surface area contributed by atoms with E-state index in [1.807, 2.05) is 0 Å². The van der Waals surface area contributed by atoms with Crippen LogP contribution in [0.1, 0.15) is 10.7 Å². The number of aromatic nitrogens is 1. The summed E-state index contributed by atoms with van der Waals surface area (Å²) in [5.41, 5.74) is 6.66. The Morgan fingerprint density at radius 3 is 2.69 bits per heavy atom. The van der Waals surface area contributed by atoms with E-state index >= 15 is 0 Å². The first kappa shape index (κ1) is 13.6. The lowest BCUT2D eigenvalue weighted by molar-refractivity contribution is 0.274. The van der Waals surface area contributed by atoms with Crippen LogP contribution >= 0.6 is 11.3 Å². The molecule has 1 aromatic rings. The highest BCUT2D eigenvalue weighted by atomic mass is 32.1. The van der Waals surface area contributed by atoms with Crippen molar-refractivity contribution in [2.45, 2.75) is 13.0 Å². The van der Waals surface area contributed by atoms with E-state index in [9.17, 15) is 0 Å². The van der Waals surface area contributed by atoms with E-state index < -0.39 is 0 Å². The maximum atomic E-state index is 5.50. The zero-order valence-corrected chi connectivity index (χ0v) is 11.3. The van der Waals surface area contributed by atoms with Crippen LogP contribution in [-0.4, -0.2) is 55.6 Å². The molecule has 16 heavy (non-hydrogen) atoms. The van der Waals surface area contributed by atoms with Crippen molar-refractivity contribution >= 4 is 11.3 Å². The lowest BCUT2D eigenvalue weighted by atomic mass is 10.4. The molecule has 0 unspecified atom stereocenters. The number of rotatable bonds is 7. The van der Waals surface area contributed by atoms with Gasteiger partial charge in [0.1, 0.15) is 0 Å². The van der Waals surface area contributed by atoms with Gasteiger partial charge in [0.2, 0.25) is 0 Å². The minimum Gasteiger partial charge on any atom is -0.330 e. The van der Waals surface area contributed by atoms with E-state index in [0.717, 1.165) is 36.8 Å². The first-order valence-electron chi connectivity index (χ1n) is 5.58. The Kier molecular flexibility index (Phi) is 5.90. The first-order chi connectivity index (χ1) is 7.61. The summed E-state index contributed by atoms with van der Waals surface area (Å²) in [5.74, 6) is 0. The van der Waals surface area contributed by atoms with Crippen LogP contribution < -0.4 is 5.73 Å². The number of thiazole rings is 1. The fourth-order valence-electron chi connectivity index (χ4n) is 1.39. The molecule has 0 amide bonds. The summed E-state index contributed by atoms with van der Waals surface area (Å²) in [6.07, 6.45) is 0.895. The quantitative estimate of drug-likeness (QED) is 0.762. The third-order valence-corrected chi connectivity index (χ3v) is 3.28.